The van der Waals surface area contributed by atoms with Gasteiger partial charge in [0.1, 0.15) is 12.3 Å². The van der Waals surface area contributed by atoms with Gasteiger partial charge < -0.3 is 34.2 Å². The Balaban J connectivity index is 0. The van der Waals surface area contributed by atoms with E-state index in [4.69, 9.17) is 29.1 Å². The quantitative estimate of drug-likeness (QED) is 0.211. The second-order valence-corrected chi connectivity index (χ2v) is 5.50. The number of hydrogen-bond donors (Lipinski definition) is 4. The molecule has 0 saturated carbocycles. The van der Waals surface area contributed by atoms with Gasteiger partial charge in [0.05, 0.1) is 20.5 Å². The minimum atomic E-state index is -5.14. The van der Waals surface area contributed by atoms with Gasteiger partial charge in [0.15, 0.2) is 0 Å². The molecule has 1 aromatic heterocycles. The molecule has 0 spiro atoms. The number of aliphatic hydroxyl groups excluding tert-OH is 2. The Morgan fingerprint density at radius 2 is 1.92 bits per heavy atom. The Bertz CT molecular complexity index is 665. The maximum atomic E-state index is 11.6. The van der Waals surface area contributed by atoms with E-state index in [1.54, 1.807) is 6.92 Å². The van der Waals surface area contributed by atoms with Crippen molar-refractivity contribution < 1.29 is 79.0 Å². The van der Waals surface area contributed by atoms with Gasteiger partial charge in [0, 0.05) is 18.2 Å². The molecule has 1 aliphatic rings. The van der Waals surface area contributed by atoms with Crippen LogP contribution in [0.5, 0.6) is 0 Å². The summed E-state index contributed by atoms with van der Waals surface area (Å²) in [5.41, 5.74) is -0.643. The van der Waals surface area contributed by atoms with Crippen LogP contribution in [0, 0.1) is 6.92 Å². The molecule has 0 aromatic carbocycles. The molecule has 0 unspecified atom stereocenters. The smallest absolute Gasteiger partial charge is 0.790 e. The Hall–Kier alpha value is 0.151. The number of aromatic amines is 1. The van der Waals surface area contributed by atoms with E-state index in [1.807, 2.05) is 0 Å². The van der Waals surface area contributed by atoms with Crippen LogP contribution < -0.4 is 21.0 Å². The molecule has 1 aromatic rings. The summed E-state index contributed by atoms with van der Waals surface area (Å²) in [7, 11) is -5.14. The molecule has 2 heterocycles. The molecular weight excluding hydrogens is 539 g/mol. The predicted molar refractivity (Wildman–Crippen MR) is 67.5 cm³/mol. The monoisotopic (exact) mass is 552 g/mol. The molecule has 11 nitrogen and oxygen atoms in total. The third kappa shape index (κ3) is 8.50. The van der Waals surface area contributed by atoms with Crippen LogP contribution in [0.4, 0.5) is 0 Å². The van der Waals surface area contributed by atoms with Crippen LogP contribution in [0.2, 0.25) is 0 Å². The average Bonchev–Trinajstić information content (AvgIpc) is 2.73. The normalized spacial score (nSPS) is 22.7. The number of rotatable bonds is 2. The molecule has 1 fully saturated rings. The second-order valence-electron chi connectivity index (χ2n) is 4.56. The summed E-state index contributed by atoms with van der Waals surface area (Å²) in [6, 6.07) is 0. The van der Waals surface area contributed by atoms with Crippen molar-refractivity contribution in [1.29, 1.82) is 0 Å². The van der Waals surface area contributed by atoms with Crippen LogP contribution in [-0.2, 0) is 54.1 Å². The van der Waals surface area contributed by atoms with Gasteiger partial charge in [-0.05, 0) is 6.92 Å². The number of H-pyrrole nitrogens is 1. The fourth-order valence-corrected chi connectivity index (χ4v) is 1.85. The summed E-state index contributed by atoms with van der Waals surface area (Å²) >= 11 is 0. The van der Waals surface area contributed by atoms with Gasteiger partial charge in [0.2, 0.25) is 0 Å². The topological polar surface area (TPSA) is 188 Å². The fourth-order valence-electron chi connectivity index (χ4n) is 1.85. The van der Waals surface area contributed by atoms with Gasteiger partial charge in [-0.15, -0.1) is 0 Å². The largest absolute Gasteiger partial charge is 1.00 e. The number of nitrogens with zero attached hydrogens (tertiary/aromatic N) is 1. The first-order chi connectivity index (χ1) is 10.0. The zero-order valence-electron chi connectivity index (χ0n) is 12.0. The first-order valence-electron chi connectivity index (χ1n) is 6.04. The molecule has 146 valence electrons. The molecule has 1 saturated heterocycles. The molecular formula is C10H15Ag2N2O9P. The minimum absolute atomic E-state index is 0. The molecule has 24 heavy (non-hydrogen) atoms. The van der Waals surface area contributed by atoms with Crippen molar-refractivity contribution >= 4 is 7.82 Å². The third-order valence-electron chi connectivity index (χ3n) is 2.84. The zero-order chi connectivity index (χ0) is 17.1. The SMILES string of the molecule is Cc1cn([C@H]2C[C@H](O)[C@@H](CO)O2)c(=O)[nH]c1=O.O=P([O-])([O-])O.[Ag+].[Ag+]. The van der Waals surface area contributed by atoms with Gasteiger partial charge in [-0.2, -0.15) is 0 Å². The van der Waals surface area contributed by atoms with E-state index in [9.17, 15) is 14.7 Å². The molecule has 1 aliphatic heterocycles. The Morgan fingerprint density at radius 3 is 2.33 bits per heavy atom. The van der Waals surface area contributed by atoms with Crippen LogP contribution >= 0.6 is 7.82 Å². The van der Waals surface area contributed by atoms with E-state index in [0.29, 0.717) is 5.56 Å². The predicted octanol–water partition coefficient (Wildman–Crippen LogP) is -3.71. The van der Waals surface area contributed by atoms with Crippen LogP contribution in [0.25, 0.3) is 0 Å². The van der Waals surface area contributed by atoms with Gasteiger partial charge in [0.25, 0.3) is 5.56 Å². The summed E-state index contributed by atoms with van der Waals surface area (Å²) < 4.78 is 15.2. The summed E-state index contributed by atoms with van der Waals surface area (Å²) in [5.74, 6) is 0. The van der Waals surface area contributed by atoms with Crippen molar-refractivity contribution in [3.05, 3.63) is 32.6 Å². The van der Waals surface area contributed by atoms with Crippen molar-refractivity contribution in [2.75, 3.05) is 6.61 Å². The first-order valence-corrected chi connectivity index (χ1v) is 7.53. The molecule has 0 amide bonds. The van der Waals surface area contributed by atoms with Gasteiger partial charge in [-0.1, -0.05) is 0 Å². The summed E-state index contributed by atoms with van der Waals surface area (Å²) in [5, 5.41) is 18.5. The molecule has 2 rings (SSSR count). The van der Waals surface area contributed by atoms with Crippen molar-refractivity contribution in [3.63, 3.8) is 0 Å². The maximum absolute atomic E-state index is 11.6. The van der Waals surface area contributed by atoms with E-state index >= 15 is 0 Å². The maximum Gasteiger partial charge on any atom is 1.00 e. The Morgan fingerprint density at radius 1 is 1.42 bits per heavy atom. The molecule has 4 N–H and O–H groups in total. The van der Waals surface area contributed by atoms with Crippen molar-refractivity contribution in [2.24, 2.45) is 0 Å². The molecule has 0 aliphatic carbocycles. The van der Waals surface area contributed by atoms with Gasteiger partial charge in [-0.25, -0.2) is 4.79 Å². The Kier molecular flexibility index (Phi) is 12.1. The summed E-state index contributed by atoms with van der Waals surface area (Å²) in [4.78, 5) is 49.2. The van der Waals surface area contributed by atoms with E-state index < -0.39 is 37.5 Å². The van der Waals surface area contributed by atoms with Crippen molar-refractivity contribution in [3.8, 4) is 0 Å². The number of nitrogens with one attached hydrogen (secondary N) is 1. The number of aliphatic hydroxyl groups is 2. The molecule has 0 radical (unpaired) electrons. The summed E-state index contributed by atoms with van der Waals surface area (Å²) in [6.45, 7) is 1.26. The van der Waals surface area contributed by atoms with E-state index in [1.165, 1.54) is 10.8 Å². The van der Waals surface area contributed by atoms with Crippen molar-refractivity contribution in [2.45, 2.75) is 31.8 Å². The zero-order valence-corrected chi connectivity index (χ0v) is 15.9. The van der Waals surface area contributed by atoms with E-state index in [0.717, 1.165) is 0 Å². The molecule has 3 atom stereocenters. The minimum Gasteiger partial charge on any atom is -0.790 e. The number of aromatic nitrogens is 2. The second kappa shape index (κ2) is 11.0. The number of phosphoric acid groups is 1. The fraction of sp³-hybridized carbons (Fsp3) is 0.600. The third-order valence-corrected chi connectivity index (χ3v) is 2.84. The van der Waals surface area contributed by atoms with Crippen molar-refractivity contribution in [1.82, 2.24) is 9.55 Å². The number of ether oxygens (including phenoxy) is 1. The van der Waals surface area contributed by atoms with Crippen LogP contribution in [-0.4, -0.2) is 43.5 Å². The van der Waals surface area contributed by atoms with E-state index in [2.05, 4.69) is 4.98 Å². The van der Waals surface area contributed by atoms with Gasteiger partial charge in [-0.3, -0.25) is 14.3 Å². The Labute approximate surface area is 166 Å². The standard InChI is InChI=1S/C10H14N2O5.2Ag.H3O4P/c1-5-3-12(10(16)11-9(5)15)8-2-6(14)7(4-13)17-8;;;1-5(2,3)4/h3,6-8,13-14H,2,4H2,1H3,(H,11,15,16);;;(H3,1,2,3,4)/q;2*+1;/p-2/t6-,7+,8+;;;/m0.../s1. The van der Waals surface area contributed by atoms with Crippen LogP contribution in [0.3, 0.4) is 0 Å². The number of hydrogen-bond acceptors (Lipinski definition) is 8. The molecule has 0 bridgehead atoms. The van der Waals surface area contributed by atoms with E-state index in [-0.39, 0.29) is 57.8 Å². The summed E-state index contributed by atoms with van der Waals surface area (Å²) in [6.07, 6.45) is -0.581. The van der Waals surface area contributed by atoms with Crippen LogP contribution in [0.1, 0.15) is 18.2 Å². The number of aryl methyl sites for hydroxylation is 1. The van der Waals surface area contributed by atoms with Crippen LogP contribution in [0.15, 0.2) is 15.8 Å². The first kappa shape index (κ1) is 26.4. The molecule has 14 heteroatoms. The average molecular weight is 554 g/mol. The van der Waals surface area contributed by atoms with Gasteiger partial charge >= 0.3 is 50.5 Å².